The zero-order chi connectivity index (χ0) is 15.5. The molecule has 1 atom stereocenters. The minimum atomic E-state index is -0.217. The van der Waals surface area contributed by atoms with Gasteiger partial charge in [0.1, 0.15) is 5.82 Å². The van der Waals surface area contributed by atoms with E-state index in [0.29, 0.717) is 0 Å². The molecule has 1 N–H and O–H groups in total. The van der Waals surface area contributed by atoms with E-state index in [9.17, 15) is 4.39 Å². The second kappa shape index (κ2) is 6.62. The normalized spacial score (nSPS) is 13.4. The van der Waals surface area contributed by atoms with Gasteiger partial charge in [0.05, 0.1) is 16.6 Å². The van der Waals surface area contributed by atoms with E-state index in [2.05, 4.69) is 42.6 Å². The van der Waals surface area contributed by atoms with Crippen LogP contribution in [-0.2, 0) is 5.41 Å². The molecule has 0 bridgehead atoms. The standard InChI is InChI=1S/C16H22FN3S/c1-5-9-18-13(11-7-6-8-12(17)10-11)14-15(16(2,3)4)19-20-21-14/h6-8,10,13,18H,5,9H2,1-4H3. The minimum Gasteiger partial charge on any atom is -0.305 e. The van der Waals surface area contributed by atoms with Crippen molar-refractivity contribution in [2.45, 2.75) is 45.6 Å². The van der Waals surface area contributed by atoms with Gasteiger partial charge in [-0.25, -0.2) is 4.39 Å². The maximum Gasteiger partial charge on any atom is 0.123 e. The highest BCUT2D eigenvalue weighted by atomic mass is 32.1. The van der Waals surface area contributed by atoms with E-state index in [1.54, 1.807) is 12.1 Å². The lowest BCUT2D eigenvalue weighted by Gasteiger charge is -2.23. The molecule has 2 aromatic rings. The van der Waals surface area contributed by atoms with E-state index in [-0.39, 0.29) is 17.3 Å². The summed E-state index contributed by atoms with van der Waals surface area (Å²) in [6, 6.07) is 6.68. The molecule has 0 aliphatic rings. The van der Waals surface area contributed by atoms with Crippen molar-refractivity contribution in [1.82, 2.24) is 14.9 Å². The largest absolute Gasteiger partial charge is 0.305 e. The molecule has 0 fully saturated rings. The number of hydrogen-bond donors (Lipinski definition) is 1. The molecule has 0 aliphatic heterocycles. The van der Waals surface area contributed by atoms with Crippen molar-refractivity contribution in [3.05, 3.63) is 46.2 Å². The van der Waals surface area contributed by atoms with Crippen LogP contribution in [-0.4, -0.2) is 16.1 Å². The molecule has 0 aliphatic carbocycles. The maximum absolute atomic E-state index is 13.6. The van der Waals surface area contributed by atoms with Gasteiger partial charge in [-0.05, 0) is 42.2 Å². The first-order valence-electron chi connectivity index (χ1n) is 7.25. The Morgan fingerprint density at radius 3 is 2.71 bits per heavy atom. The first-order valence-corrected chi connectivity index (χ1v) is 8.02. The molecule has 1 aromatic heterocycles. The molecule has 0 amide bonds. The number of aromatic nitrogens is 2. The highest BCUT2D eigenvalue weighted by Crippen LogP contribution is 2.33. The van der Waals surface area contributed by atoms with E-state index < -0.39 is 0 Å². The van der Waals surface area contributed by atoms with Gasteiger partial charge in [0.15, 0.2) is 0 Å². The molecule has 2 rings (SSSR count). The Morgan fingerprint density at radius 2 is 2.10 bits per heavy atom. The first kappa shape index (κ1) is 16.0. The van der Waals surface area contributed by atoms with Gasteiger partial charge in [0.25, 0.3) is 0 Å². The van der Waals surface area contributed by atoms with Crippen molar-refractivity contribution >= 4 is 11.5 Å². The third-order valence-electron chi connectivity index (χ3n) is 3.27. The summed E-state index contributed by atoms with van der Waals surface area (Å²) < 4.78 is 17.7. The summed E-state index contributed by atoms with van der Waals surface area (Å²) in [5, 5.41) is 7.79. The second-order valence-corrected chi connectivity index (χ2v) is 6.96. The Bertz CT molecular complexity index is 589. The number of nitrogens with one attached hydrogen (secondary N) is 1. The maximum atomic E-state index is 13.6. The lowest BCUT2D eigenvalue weighted by atomic mass is 9.88. The lowest BCUT2D eigenvalue weighted by molar-refractivity contribution is 0.536. The summed E-state index contributed by atoms with van der Waals surface area (Å²) in [6.45, 7) is 9.34. The average molecular weight is 307 g/mol. The molecule has 5 heteroatoms. The zero-order valence-electron chi connectivity index (χ0n) is 13.0. The van der Waals surface area contributed by atoms with Crippen molar-refractivity contribution in [3.63, 3.8) is 0 Å². The van der Waals surface area contributed by atoms with Crippen LogP contribution in [0.15, 0.2) is 24.3 Å². The zero-order valence-corrected chi connectivity index (χ0v) is 13.8. The average Bonchev–Trinajstić information content (AvgIpc) is 2.88. The fourth-order valence-electron chi connectivity index (χ4n) is 2.24. The molecule has 0 saturated heterocycles. The molecule has 1 heterocycles. The van der Waals surface area contributed by atoms with Crippen LogP contribution in [0.5, 0.6) is 0 Å². The van der Waals surface area contributed by atoms with E-state index in [4.69, 9.17) is 0 Å². The Kier molecular flexibility index (Phi) is 5.06. The second-order valence-electron chi connectivity index (χ2n) is 6.18. The molecule has 1 aromatic carbocycles. The van der Waals surface area contributed by atoms with Crippen LogP contribution in [0.1, 0.15) is 56.3 Å². The van der Waals surface area contributed by atoms with Gasteiger partial charge in [-0.15, -0.1) is 5.10 Å². The monoisotopic (exact) mass is 307 g/mol. The number of halogens is 1. The van der Waals surface area contributed by atoms with Crippen LogP contribution >= 0.6 is 11.5 Å². The van der Waals surface area contributed by atoms with Crippen molar-refractivity contribution in [1.29, 1.82) is 0 Å². The lowest BCUT2D eigenvalue weighted by Crippen LogP contribution is -2.26. The minimum absolute atomic E-state index is 0.0603. The van der Waals surface area contributed by atoms with E-state index in [1.165, 1.54) is 17.6 Å². The summed E-state index contributed by atoms with van der Waals surface area (Å²) in [7, 11) is 0. The van der Waals surface area contributed by atoms with Crippen molar-refractivity contribution in [2.24, 2.45) is 0 Å². The van der Waals surface area contributed by atoms with Gasteiger partial charge in [-0.3, -0.25) is 0 Å². The van der Waals surface area contributed by atoms with Crippen LogP contribution in [0, 0.1) is 5.82 Å². The van der Waals surface area contributed by atoms with Gasteiger partial charge < -0.3 is 5.32 Å². The summed E-state index contributed by atoms with van der Waals surface area (Å²) >= 11 is 1.39. The predicted octanol–water partition coefficient (Wildman–Crippen LogP) is 4.06. The highest BCUT2D eigenvalue weighted by Gasteiger charge is 2.28. The van der Waals surface area contributed by atoms with Crippen molar-refractivity contribution in [3.8, 4) is 0 Å². The Morgan fingerprint density at radius 1 is 1.33 bits per heavy atom. The Balaban J connectivity index is 2.44. The first-order chi connectivity index (χ1) is 9.93. The Labute approximate surface area is 129 Å². The summed E-state index contributed by atoms with van der Waals surface area (Å²) in [5.41, 5.74) is 1.81. The molecule has 0 radical (unpaired) electrons. The summed E-state index contributed by atoms with van der Waals surface area (Å²) in [6.07, 6.45) is 1.02. The molecule has 114 valence electrons. The summed E-state index contributed by atoms with van der Waals surface area (Å²) in [4.78, 5) is 1.07. The molecule has 0 spiro atoms. The molecular formula is C16H22FN3S. The highest BCUT2D eigenvalue weighted by molar-refractivity contribution is 7.05. The van der Waals surface area contributed by atoms with Crippen molar-refractivity contribution < 1.29 is 4.39 Å². The molecule has 0 saturated carbocycles. The van der Waals surface area contributed by atoms with Gasteiger partial charge in [-0.1, -0.05) is 44.3 Å². The van der Waals surface area contributed by atoms with Gasteiger partial charge in [0.2, 0.25) is 0 Å². The van der Waals surface area contributed by atoms with E-state index in [0.717, 1.165) is 29.1 Å². The summed E-state index contributed by atoms with van der Waals surface area (Å²) in [5.74, 6) is -0.217. The third-order valence-corrected chi connectivity index (χ3v) is 4.06. The smallest absolute Gasteiger partial charge is 0.123 e. The van der Waals surface area contributed by atoms with E-state index in [1.807, 2.05) is 6.07 Å². The SMILES string of the molecule is CCCNC(c1cccc(F)c1)c1snnc1C(C)(C)C. The van der Waals surface area contributed by atoms with Gasteiger partial charge >= 0.3 is 0 Å². The number of nitrogens with zero attached hydrogens (tertiary/aromatic N) is 2. The van der Waals surface area contributed by atoms with Crippen LogP contribution in [0.4, 0.5) is 4.39 Å². The molecule has 3 nitrogen and oxygen atoms in total. The number of benzene rings is 1. The Hall–Kier alpha value is -1.33. The number of hydrogen-bond acceptors (Lipinski definition) is 4. The third kappa shape index (κ3) is 3.86. The van der Waals surface area contributed by atoms with E-state index >= 15 is 0 Å². The van der Waals surface area contributed by atoms with Gasteiger partial charge in [0, 0.05) is 5.41 Å². The molecule has 21 heavy (non-hydrogen) atoms. The van der Waals surface area contributed by atoms with Gasteiger partial charge in [-0.2, -0.15) is 0 Å². The fraction of sp³-hybridized carbons (Fsp3) is 0.500. The number of rotatable bonds is 5. The van der Waals surface area contributed by atoms with Crippen LogP contribution < -0.4 is 5.32 Å². The molecule has 1 unspecified atom stereocenters. The quantitative estimate of drug-likeness (QED) is 0.905. The van der Waals surface area contributed by atoms with Crippen LogP contribution in [0.3, 0.4) is 0 Å². The van der Waals surface area contributed by atoms with Crippen LogP contribution in [0.25, 0.3) is 0 Å². The van der Waals surface area contributed by atoms with Crippen LogP contribution in [0.2, 0.25) is 0 Å². The fourth-order valence-corrected chi connectivity index (χ4v) is 3.21. The van der Waals surface area contributed by atoms with Crippen molar-refractivity contribution in [2.75, 3.05) is 6.54 Å². The predicted molar refractivity (Wildman–Crippen MR) is 85.1 cm³/mol. The topological polar surface area (TPSA) is 37.8 Å². The molecular weight excluding hydrogens is 285 g/mol.